The summed E-state index contributed by atoms with van der Waals surface area (Å²) in [5, 5.41) is 0. The quantitative estimate of drug-likeness (QED) is 0.666. The Morgan fingerprint density at radius 1 is 1.16 bits per heavy atom. The molecule has 3 rings (SSSR count). The number of hydrogen-bond acceptors (Lipinski definition) is 0. The molecule has 1 aliphatic rings. The smallest absolute Gasteiger partial charge is 0.129 e. The second kappa shape index (κ2) is 4.75. The van der Waals surface area contributed by atoms with Crippen molar-refractivity contribution in [2.45, 2.75) is 31.0 Å². The maximum Gasteiger partial charge on any atom is 0.129 e. The molecule has 0 saturated carbocycles. The molecular weight excluding hydrogens is 303 g/mol. The minimum absolute atomic E-state index is 0.0857. The molecule has 0 spiro atoms. The van der Waals surface area contributed by atoms with Crippen molar-refractivity contribution in [3.63, 3.8) is 0 Å². The molecule has 0 fully saturated rings. The van der Waals surface area contributed by atoms with Gasteiger partial charge in [-0.15, -0.1) is 0 Å². The van der Waals surface area contributed by atoms with Gasteiger partial charge in [-0.05, 0) is 48.1 Å². The first-order valence-electron chi connectivity index (χ1n) is 6.56. The van der Waals surface area contributed by atoms with Gasteiger partial charge in [0, 0.05) is 10.7 Å². The second-order valence-corrected chi connectivity index (χ2v) is 6.37. The molecule has 2 heteroatoms. The van der Waals surface area contributed by atoms with E-state index < -0.39 is 0 Å². The maximum atomic E-state index is 13.7. The number of hydrogen-bond donors (Lipinski definition) is 0. The van der Waals surface area contributed by atoms with Gasteiger partial charge in [0.05, 0.1) is 0 Å². The summed E-state index contributed by atoms with van der Waals surface area (Å²) >= 11 is 3.80. The van der Waals surface area contributed by atoms with Crippen molar-refractivity contribution >= 4 is 15.9 Å². The molecule has 0 aliphatic heterocycles. The molecule has 0 radical (unpaired) electrons. The summed E-state index contributed by atoms with van der Waals surface area (Å²) in [6.45, 7) is 3.67. The number of fused-ring (bicyclic) bond motifs is 1. The van der Waals surface area contributed by atoms with Crippen molar-refractivity contribution < 1.29 is 4.39 Å². The van der Waals surface area contributed by atoms with E-state index in [9.17, 15) is 4.39 Å². The lowest BCUT2D eigenvalue weighted by Crippen LogP contribution is -2.21. The molecule has 0 aromatic heterocycles. The van der Waals surface area contributed by atoms with Crippen LogP contribution in [-0.2, 0) is 6.42 Å². The summed E-state index contributed by atoms with van der Waals surface area (Å²) in [6, 6.07) is 12.5. The molecule has 0 heterocycles. The van der Waals surface area contributed by atoms with Crippen LogP contribution in [0.4, 0.5) is 4.39 Å². The topological polar surface area (TPSA) is 0 Å². The molecule has 2 aromatic carbocycles. The van der Waals surface area contributed by atoms with E-state index in [1.807, 2.05) is 26.0 Å². The number of benzene rings is 2. The van der Waals surface area contributed by atoms with Gasteiger partial charge in [-0.25, -0.2) is 4.39 Å². The highest BCUT2D eigenvalue weighted by molar-refractivity contribution is 9.09. The molecule has 0 bridgehead atoms. The molecule has 0 nitrogen and oxygen atoms in total. The van der Waals surface area contributed by atoms with Crippen molar-refractivity contribution in [1.29, 1.82) is 0 Å². The maximum absolute atomic E-state index is 13.7. The molecule has 1 aliphatic carbocycles. The highest BCUT2D eigenvalue weighted by Crippen LogP contribution is 2.48. The minimum atomic E-state index is -0.0857. The number of alkyl halides is 1. The Hall–Kier alpha value is -1.15. The third-order valence-electron chi connectivity index (χ3n) is 4.02. The van der Waals surface area contributed by atoms with Crippen LogP contribution < -0.4 is 0 Å². The predicted molar refractivity (Wildman–Crippen MR) is 80.4 cm³/mol. The van der Waals surface area contributed by atoms with Crippen molar-refractivity contribution in [2.75, 3.05) is 0 Å². The van der Waals surface area contributed by atoms with Crippen LogP contribution in [0.25, 0.3) is 0 Å². The summed E-state index contributed by atoms with van der Waals surface area (Å²) in [4.78, 5) is 0.264. The first-order valence-corrected chi connectivity index (χ1v) is 7.48. The number of rotatable bonds is 2. The largest absolute Gasteiger partial charge is 0.206 e. The summed E-state index contributed by atoms with van der Waals surface area (Å²) in [6.07, 6.45) is 1.10. The Labute approximate surface area is 121 Å². The van der Waals surface area contributed by atoms with E-state index in [0.717, 1.165) is 17.5 Å². The number of halogens is 2. The fourth-order valence-corrected chi connectivity index (χ4v) is 3.67. The monoisotopic (exact) mass is 318 g/mol. The van der Waals surface area contributed by atoms with Crippen molar-refractivity contribution in [3.8, 4) is 0 Å². The van der Waals surface area contributed by atoms with Crippen LogP contribution in [0.1, 0.15) is 38.6 Å². The summed E-state index contributed by atoms with van der Waals surface area (Å²) < 4.78 is 13.7. The van der Waals surface area contributed by atoms with Crippen LogP contribution in [0, 0.1) is 19.7 Å². The van der Waals surface area contributed by atoms with Gasteiger partial charge in [0.1, 0.15) is 5.82 Å². The van der Waals surface area contributed by atoms with Gasteiger partial charge in [0.15, 0.2) is 0 Å². The third kappa shape index (κ3) is 2.12. The SMILES string of the molecule is Cc1cc(C(Br)C2Cc3ccccc32)cc(C)c1F. The fourth-order valence-electron chi connectivity index (χ4n) is 2.93. The normalized spacial score (nSPS) is 18.6. The Bertz CT molecular complexity index is 610. The van der Waals surface area contributed by atoms with Crippen LogP contribution in [0.15, 0.2) is 36.4 Å². The first-order chi connectivity index (χ1) is 9.08. The summed E-state index contributed by atoms with van der Waals surface area (Å²) in [5.74, 6) is 0.415. The van der Waals surface area contributed by atoms with Gasteiger partial charge >= 0.3 is 0 Å². The zero-order valence-corrected chi connectivity index (χ0v) is 12.7. The Kier molecular flexibility index (Phi) is 3.22. The molecule has 2 unspecified atom stereocenters. The van der Waals surface area contributed by atoms with Crippen molar-refractivity contribution in [2.24, 2.45) is 0 Å². The zero-order chi connectivity index (χ0) is 13.6. The lowest BCUT2D eigenvalue weighted by atomic mass is 9.74. The van der Waals surface area contributed by atoms with E-state index in [1.165, 1.54) is 16.7 Å². The van der Waals surface area contributed by atoms with E-state index in [4.69, 9.17) is 0 Å². The minimum Gasteiger partial charge on any atom is -0.206 e. The van der Waals surface area contributed by atoms with E-state index in [-0.39, 0.29) is 10.6 Å². The van der Waals surface area contributed by atoms with Gasteiger partial charge in [-0.2, -0.15) is 0 Å². The number of aryl methyl sites for hydroxylation is 2. The molecule has 2 aromatic rings. The zero-order valence-electron chi connectivity index (χ0n) is 11.1. The highest BCUT2D eigenvalue weighted by atomic mass is 79.9. The summed E-state index contributed by atoms with van der Waals surface area (Å²) in [7, 11) is 0. The van der Waals surface area contributed by atoms with E-state index in [0.29, 0.717) is 5.92 Å². The van der Waals surface area contributed by atoms with E-state index in [2.05, 4.69) is 40.2 Å². The van der Waals surface area contributed by atoms with Gasteiger partial charge in [0.25, 0.3) is 0 Å². The van der Waals surface area contributed by atoms with E-state index >= 15 is 0 Å². The first kappa shape index (κ1) is 12.9. The van der Waals surface area contributed by atoms with Crippen LogP contribution in [-0.4, -0.2) is 0 Å². The van der Waals surface area contributed by atoms with Gasteiger partial charge in [0.2, 0.25) is 0 Å². The van der Waals surface area contributed by atoms with Crippen LogP contribution in [0.2, 0.25) is 0 Å². The standard InChI is InChI=1S/C17H16BrF/c1-10-7-13(8-11(2)17(10)19)16(18)15-9-12-5-3-4-6-14(12)15/h3-8,15-16H,9H2,1-2H3. The molecular formula is C17H16BrF. The van der Waals surface area contributed by atoms with Crippen LogP contribution in [0.5, 0.6) is 0 Å². The van der Waals surface area contributed by atoms with Gasteiger partial charge < -0.3 is 0 Å². The molecule has 0 amide bonds. The third-order valence-corrected chi connectivity index (χ3v) is 5.19. The van der Waals surface area contributed by atoms with Crippen LogP contribution in [0.3, 0.4) is 0 Å². The van der Waals surface area contributed by atoms with Crippen molar-refractivity contribution in [1.82, 2.24) is 0 Å². The molecule has 0 N–H and O–H groups in total. The second-order valence-electron chi connectivity index (χ2n) is 5.38. The Morgan fingerprint density at radius 2 is 1.79 bits per heavy atom. The Balaban J connectivity index is 1.92. The fraction of sp³-hybridized carbons (Fsp3) is 0.294. The van der Waals surface area contributed by atoms with Crippen molar-refractivity contribution in [3.05, 3.63) is 70.0 Å². The lowest BCUT2D eigenvalue weighted by molar-refractivity contribution is 0.590. The van der Waals surface area contributed by atoms with E-state index in [1.54, 1.807) is 0 Å². The Morgan fingerprint density at radius 3 is 2.42 bits per heavy atom. The molecule has 19 heavy (non-hydrogen) atoms. The average Bonchev–Trinajstić information content (AvgIpc) is 2.36. The molecule has 0 saturated heterocycles. The predicted octanol–water partition coefficient (Wildman–Crippen LogP) is 5.22. The van der Waals surface area contributed by atoms with Crippen LogP contribution >= 0.6 is 15.9 Å². The lowest BCUT2D eigenvalue weighted by Gasteiger charge is -2.34. The van der Waals surface area contributed by atoms with Gasteiger partial charge in [-0.1, -0.05) is 52.3 Å². The molecule has 98 valence electrons. The summed E-state index contributed by atoms with van der Waals surface area (Å²) in [5.41, 5.74) is 5.49. The highest BCUT2D eigenvalue weighted by Gasteiger charge is 2.32. The van der Waals surface area contributed by atoms with Gasteiger partial charge in [-0.3, -0.25) is 0 Å². The molecule has 2 atom stereocenters. The average molecular weight is 319 g/mol.